The van der Waals surface area contributed by atoms with E-state index in [9.17, 15) is 19.7 Å². The molecule has 0 saturated carbocycles. The van der Waals surface area contributed by atoms with Gasteiger partial charge in [-0.3, -0.25) is 29.7 Å². The molecule has 4 rings (SSSR count). The lowest BCUT2D eigenvalue weighted by Crippen LogP contribution is -2.24. The summed E-state index contributed by atoms with van der Waals surface area (Å²) in [5.74, 6) is -1.97. The van der Waals surface area contributed by atoms with Crippen molar-refractivity contribution in [2.45, 2.75) is 5.92 Å². The molecule has 166 valence electrons. The minimum Gasteiger partial charge on any atom is -0.369 e. The summed E-state index contributed by atoms with van der Waals surface area (Å²) in [6, 6.07) is 11.8. The zero-order chi connectivity index (χ0) is 23.7. The van der Waals surface area contributed by atoms with Gasteiger partial charge in [-0.2, -0.15) is 0 Å². The van der Waals surface area contributed by atoms with E-state index in [1.165, 1.54) is 18.3 Å². The molecule has 1 atom stereocenters. The molecule has 10 nitrogen and oxygen atoms in total. The standard InChI is InChI=1S/C21H14Cl2N6O4/c22-14-5-4-10(7-15(14)23)26-21-27-18-12(17(19(24)30)16-3-1-2-6-25-16)8-11(29(32)33)9-13(18)20(31)28-21/h1-9,17H,(H2,24,30)(H2,26,27,28,31). The van der Waals surface area contributed by atoms with Crippen molar-refractivity contribution in [3.8, 4) is 0 Å². The summed E-state index contributed by atoms with van der Waals surface area (Å²) >= 11 is 12.0. The number of nitro benzene ring substituents is 1. The van der Waals surface area contributed by atoms with E-state index in [1.54, 1.807) is 30.3 Å². The van der Waals surface area contributed by atoms with Gasteiger partial charge in [-0.15, -0.1) is 0 Å². The smallest absolute Gasteiger partial charge is 0.270 e. The Bertz CT molecular complexity index is 1460. The number of fused-ring (bicyclic) bond motifs is 1. The van der Waals surface area contributed by atoms with Gasteiger partial charge in [0.25, 0.3) is 11.2 Å². The average molecular weight is 485 g/mol. The average Bonchev–Trinajstić information content (AvgIpc) is 2.77. The summed E-state index contributed by atoms with van der Waals surface area (Å²) in [5, 5.41) is 15.0. The zero-order valence-corrected chi connectivity index (χ0v) is 18.1. The highest BCUT2D eigenvalue weighted by Gasteiger charge is 2.28. The van der Waals surface area contributed by atoms with Gasteiger partial charge in [0, 0.05) is 29.6 Å². The van der Waals surface area contributed by atoms with Crippen LogP contribution in [0.3, 0.4) is 0 Å². The van der Waals surface area contributed by atoms with Crippen molar-refractivity contribution in [1.82, 2.24) is 15.0 Å². The minimum atomic E-state index is -1.18. The third kappa shape index (κ3) is 4.47. The minimum absolute atomic E-state index is 0.0187. The van der Waals surface area contributed by atoms with Gasteiger partial charge >= 0.3 is 0 Å². The van der Waals surface area contributed by atoms with E-state index in [4.69, 9.17) is 28.9 Å². The van der Waals surface area contributed by atoms with Crippen molar-refractivity contribution < 1.29 is 9.72 Å². The number of benzene rings is 2. The fraction of sp³-hybridized carbons (Fsp3) is 0.0476. The molecular formula is C21H14Cl2N6O4. The van der Waals surface area contributed by atoms with Crippen molar-refractivity contribution >= 4 is 57.3 Å². The van der Waals surface area contributed by atoms with Crippen molar-refractivity contribution in [3.05, 3.63) is 96.5 Å². The number of anilines is 2. The molecule has 33 heavy (non-hydrogen) atoms. The maximum absolute atomic E-state index is 12.8. The number of nitrogens with one attached hydrogen (secondary N) is 2. The molecule has 4 N–H and O–H groups in total. The number of pyridine rings is 1. The second kappa shape index (κ2) is 8.85. The second-order valence-corrected chi connectivity index (χ2v) is 7.76. The summed E-state index contributed by atoms with van der Waals surface area (Å²) in [6.07, 6.45) is 1.46. The molecule has 0 bridgehead atoms. The Kier molecular flexibility index (Phi) is 5.95. The first-order valence-corrected chi connectivity index (χ1v) is 10.1. The lowest BCUT2D eigenvalue weighted by atomic mass is 9.92. The number of aromatic nitrogens is 3. The second-order valence-electron chi connectivity index (χ2n) is 6.95. The van der Waals surface area contributed by atoms with Gasteiger partial charge in [0.2, 0.25) is 11.9 Å². The van der Waals surface area contributed by atoms with Crippen LogP contribution >= 0.6 is 23.2 Å². The number of nitro groups is 1. The Hall–Kier alpha value is -4.02. The van der Waals surface area contributed by atoms with Crippen LogP contribution in [0.1, 0.15) is 17.2 Å². The van der Waals surface area contributed by atoms with Crippen LogP contribution < -0.4 is 16.6 Å². The molecule has 0 aliphatic carbocycles. The fourth-order valence-corrected chi connectivity index (χ4v) is 3.65. The number of nitrogens with two attached hydrogens (primary N) is 1. The Morgan fingerprint density at radius 2 is 1.94 bits per heavy atom. The van der Waals surface area contributed by atoms with E-state index in [-0.39, 0.29) is 33.1 Å². The quantitative estimate of drug-likeness (QED) is 0.276. The number of rotatable bonds is 6. The zero-order valence-electron chi connectivity index (χ0n) is 16.6. The van der Waals surface area contributed by atoms with Crippen LogP contribution in [-0.2, 0) is 4.79 Å². The molecule has 12 heteroatoms. The maximum Gasteiger partial charge on any atom is 0.270 e. The topological polar surface area (TPSA) is 157 Å². The van der Waals surface area contributed by atoms with Gasteiger partial charge in [0.15, 0.2) is 0 Å². The van der Waals surface area contributed by atoms with Gasteiger partial charge < -0.3 is 11.1 Å². The Morgan fingerprint density at radius 1 is 1.15 bits per heavy atom. The molecule has 1 amide bonds. The highest BCUT2D eigenvalue weighted by Crippen LogP contribution is 2.32. The van der Waals surface area contributed by atoms with E-state index in [0.717, 1.165) is 6.07 Å². The number of halogens is 2. The molecule has 0 aliphatic rings. The van der Waals surface area contributed by atoms with Crippen LogP contribution in [0.15, 0.2) is 59.5 Å². The number of H-pyrrole nitrogens is 1. The van der Waals surface area contributed by atoms with Crippen molar-refractivity contribution in [2.24, 2.45) is 5.73 Å². The van der Waals surface area contributed by atoms with Crippen LogP contribution in [-0.4, -0.2) is 25.8 Å². The van der Waals surface area contributed by atoms with E-state index >= 15 is 0 Å². The third-order valence-corrected chi connectivity index (χ3v) is 5.54. The van der Waals surface area contributed by atoms with Crippen LogP contribution in [0.25, 0.3) is 10.9 Å². The Labute approximate surface area is 195 Å². The Balaban J connectivity index is 1.95. The molecule has 0 aliphatic heterocycles. The first-order chi connectivity index (χ1) is 15.7. The summed E-state index contributed by atoms with van der Waals surface area (Å²) in [7, 11) is 0. The lowest BCUT2D eigenvalue weighted by Gasteiger charge is -2.16. The van der Waals surface area contributed by atoms with E-state index in [1.807, 2.05) is 0 Å². The maximum atomic E-state index is 12.8. The molecule has 0 fully saturated rings. The summed E-state index contributed by atoms with van der Waals surface area (Å²) in [6.45, 7) is 0. The van der Waals surface area contributed by atoms with Crippen molar-refractivity contribution in [2.75, 3.05) is 5.32 Å². The van der Waals surface area contributed by atoms with E-state index < -0.39 is 28.0 Å². The lowest BCUT2D eigenvalue weighted by molar-refractivity contribution is -0.384. The number of carbonyl (C=O) groups is 1. The molecule has 1 unspecified atom stereocenters. The summed E-state index contributed by atoms with van der Waals surface area (Å²) in [5.41, 5.74) is 5.47. The van der Waals surface area contributed by atoms with Gasteiger partial charge in [-0.05, 0) is 30.3 Å². The number of carbonyl (C=O) groups excluding carboxylic acids is 1. The predicted molar refractivity (Wildman–Crippen MR) is 124 cm³/mol. The number of primary amides is 1. The largest absolute Gasteiger partial charge is 0.369 e. The van der Waals surface area contributed by atoms with Crippen molar-refractivity contribution in [1.29, 1.82) is 0 Å². The van der Waals surface area contributed by atoms with Crippen LogP contribution in [0.5, 0.6) is 0 Å². The summed E-state index contributed by atoms with van der Waals surface area (Å²) in [4.78, 5) is 47.2. The van der Waals surface area contributed by atoms with Crippen LogP contribution in [0.2, 0.25) is 10.0 Å². The van der Waals surface area contributed by atoms with Crippen molar-refractivity contribution in [3.63, 3.8) is 0 Å². The highest BCUT2D eigenvalue weighted by molar-refractivity contribution is 6.42. The normalized spacial score (nSPS) is 11.8. The molecule has 2 aromatic heterocycles. The van der Waals surface area contributed by atoms with Gasteiger partial charge in [-0.25, -0.2) is 4.98 Å². The third-order valence-electron chi connectivity index (χ3n) is 4.80. The fourth-order valence-electron chi connectivity index (χ4n) is 3.35. The molecular weight excluding hydrogens is 471 g/mol. The number of amides is 1. The monoisotopic (exact) mass is 484 g/mol. The number of aromatic amines is 1. The molecule has 2 aromatic carbocycles. The number of hydrogen-bond acceptors (Lipinski definition) is 7. The van der Waals surface area contributed by atoms with Gasteiger partial charge in [0.05, 0.1) is 31.6 Å². The molecule has 4 aromatic rings. The van der Waals surface area contributed by atoms with Gasteiger partial charge in [-0.1, -0.05) is 29.3 Å². The molecule has 0 radical (unpaired) electrons. The van der Waals surface area contributed by atoms with E-state index in [0.29, 0.717) is 10.7 Å². The highest BCUT2D eigenvalue weighted by atomic mass is 35.5. The van der Waals surface area contributed by atoms with Crippen LogP contribution in [0.4, 0.5) is 17.3 Å². The SMILES string of the molecule is NC(=O)C(c1ccccn1)c1cc([N+](=O)[O-])cc2c(=O)[nH]c(Nc3ccc(Cl)c(Cl)c3)nc12. The van der Waals surface area contributed by atoms with Crippen LogP contribution in [0, 0.1) is 10.1 Å². The predicted octanol–water partition coefficient (Wildman–Crippen LogP) is 3.89. The first-order valence-electron chi connectivity index (χ1n) is 9.39. The molecule has 0 saturated heterocycles. The number of non-ortho nitro benzene ring substituents is 1. The molecule has 2 heterocycles. The molecule has 0 spiro atoms. The van der Waals surface area contributed by atoms with Gasteiger partial charge in [0.1, 0.15) is 5.92 Å². The first kappa shape index (κ1) is 22.2. The number of hydrogen-bond donors (Lipinski definition) is 3. The number of nitrogens with zero attached hydrogens (tertiary/aromatic N) is 3. The summed E-state index contributed by atoms with van der Waals surface area (Å²) < 4.78 is 0. The Morgan fingerprint density at radius 3 is 2.58 bits per heavy atom. The van der Waals surface area contributed by atoms with E-state index in [2.05, 4.69) is 20.3 Å².